The van der Waals surface area contributed by atoms with Crippen LogP contribution in [0, 0.1) is 0 Å². The van der Waals surface area contributed by atoms with Crippen LogP contribution in [0.15, 0.2) is 0 Å². The molecule has 0 aromatic carbocycles. The lowest BCUT2D eigenvalue weighted by atomic mass is 9.94. The van der Waals surface area contributed by atoms with E-state index < -0.39 is 9.84 Å². The molecular formula is C11H22BrNO2S. The van der Waals surface area contributed by atoms with Crippen molar-refractivity contribution < 1.29 is 8.42 Å². The molecule has 96 valence electrons. The summed E-state index contributed by atoms with van der Waals surface area (Å²) in [7, 11) is -2.83. The van der Waals surface area contributed by atoms with E-state index in [1.54, 1.807) is 0 Å². The number of hydrogen-bond donors (Lipinski definition) is 0. The van der Waals surface area contributed by atoms with E-state index >= 15 is 0 Å². The maximum Gasteiger partial charge on any atom is 0.148 e. The molecule has 0 saturated heterocycles. The summed E-state index contributed by atoms with van der Waals surface area (Å²) in [5.74, 6) is 0.288. The molecule has 1 saturated carbocycles. The van der Waals surface area contributed by atoms with Gasteiger partial charge in [0.1, 0.15) is 9.84 Å². The number of nitrogens with zero attached hydrogens (tertiary/aromatic N) is 1. The Morgan fingerprint density at radius 1 is 1.19 bits per heavy atom. The van der Waals surface area contributed by atoms with E-state index in [1.165, 1.54) is 38.4 Å². The zero-order valence-corrected chi connectivity index (χ0v) is 12.4. The van der Waals surface area contributed by atoms with Crippen LogP contribution in [0.1, 0.15) is 32.1 Å². The molecule has 1 aliphatic rings. The minimum Gasteiger partial charge on any atom is -0.299 e. The molecule has 0 radical (unpaired) electrons. The molecule has 0 heterocycles. The van der Waals surface area contributed by atoms with Crippen LogP contribution in [0.5, 0.6) is 0 Å². The normalized spacial score (nSPS) is 19.2. The van der Waals surface area contributed by atoms with Gasteiger partial charge in [0.05, 0.1) is 5.75 Å². The lowest BCUT2D eigenvalue weighted by Gasteiger charge is -2.33. The monoisotopic (exact) mass is 311 g/mol. The maximum absolute atomic E-state index is 11.2. The second-order valence-electron chi connectivity index (χ2n) is 4.65. The summed E-state index contributed by atoms with van der Waals surface area (Å²) >= 11 is 3.45. The zero-order valence-electron chi connectivity index (χ0n) is 9.99. The third kappa shape index (κ3) is 5.64. The van der Waals surface area contributed by atoms with Crippen molar-refractivity contribution in [2.75, 3.05) is 30.4 Å². The van der Waals surface area contributed by atoms with Crippen molar-refractivity contribution in [2.24, 2.45) is 0 Å². The molecule has 5 heteroatoms. The first kappa shape index (κ1) is 14.5. The standard InChI is InChI=1S/C11H22BrNO2S/c1-16(14,15)10-9-13(8-7-12)11-5-3-2-4-6-11/h11H,2-10H2,1H3. The van der Waals surface area contributed by atoms with Crippen molar-refractivity contribution >= 4 is 25.8 Å². The van der Waals surface area contributed by atoms with Gasteiger partial charge >= 0.3 is 0 Å². The van der Waals surface area contributed by atoms with Gasteiger partial charge in [0, 0.05) is 30.7 Å². The third-order valence-electron chi connectivity index (χ3n) is 3.21. The minimum absolute atomic E-state index is 0.288. The fraction of sp³-hybridized carbons (Fsp3) is 1.00. The Kier molecular flexibility index (Phi) is 6.29. The maximum atomic E-state index is 11.2. The van der Waals surface area contributed by atoms with E-state index in [0.717, 1.165) is 11.9 Å². The van der Waals surface area contributed by atoms with E-state index in [0.29, 0.717) is 12.6 Å². The molecule has 0 aromatic rings. The molecule has 1 aliphatic carbocycles. The van der Waals surface area contributed by atoms with Gasteiger partial charge in [-0.15, -0.1) is 0 Å². The first-order chi connectivity index (χ1) is 7.53. The summed E-state index contributed by atoms with van der Waals surface area (Å²) in [6, 6.07) is 0.605. The SMILES string of the molecule is CS(=O)(=O)CCN(CCBr)C1CCCCC1. The summed E-state index contributed by atoms with van der Waals surface area (Å²) < 4.78 is 22.4. The third-order valence-corrected chi connectivity index (χ3v) is 4.49. The van der Waals surface area contributed by atoms with Crippen LogP contribution in [0.25, 0.3) is 0 Å². The number of alkyl halides is 1. The quantitative estimate of drug-likeness (QED) is 0.705. The van der Waals surface area contributed by atoms with Gasteiger partial charge in [-0.2, -0.15) is 0 Å². The van der Waals surface area contributed by atoms with Crippen LogP contribution in [0.2, 0.25) is 0 Å². The van der Waals surface area contributed by atoms with Crippen LogP contribution in [0.3, 0.4) is 0 Å². The van der Waals surface area contributed by atoms with Crippen LogP contribution < -0.4 is 0 Å². The predicted octanol–water partition coefficient (Wildman–Crippen LogP) is 2.06. The highest BCUT2D eigenvalue weighted by molar-refractivity contribution is 9.09. The largest absolute Gasteiger partial charge is 0.299 e. The number of hydrogen-bond acceptors (Lipinski definition) is 3. The summed E-state index contributed by atoms with van der Waals surface area (Å²) in [6.45, 7) is 1.65. The molecule has 1 rings (SSSR count). The van der Waals surface area contributed by atoms with Crippen molar-refractivity contribution in [3.05, 3.63) is 0 Å². The van der Waals surface area contributed by atoms with Crippen molar-refractivity contribution in [3.8, 4) is 0 Å². The first-order valence-corrected chi connectivity index (χ1v) is 9.19. The van der Waals surface area contributed by atoms with Crippen LogP contribution >= 0.6 is 15.9 Å². The fourth-order valence-corrected chi connectivity index (χ4v) is 3.34. The predicted molar refractivity (Wildman–Crippen MR) is 72.0 cm³/mol. The Morgan fingerprint density at radius 2 is 1.81 bits per heavy atom. The molecule has 0 unspecified atom stereocenters. The molecule has 0 amide bonds. The van der Waals surface area contributed by atoms with Crippen molar-refractivity contribution in [2.45, 2.75) is 38.1 Å². The summed E-state index contributed by atoms with van der Waals surface area (Å²) in [4.78, 5) is 2.34. The Hall–Kier alpha value is 0.390. The van der Waals surface area contributed by atoms with E-state index in [9.17, 15) is 8.42 Å². The van der Waals surface area contributed by atoms with Gasteiger partial charge < -0.3 is 0 Å². The van der Waals surface area contributed by atoms with Crippen molar-refractivity contribution in [1.82, 2.24) is 4.90 Å². The Morgan fingerprint density at radius 3 is 2.31 bits per heavy atom. The zero-order chi connectivity index (χ0) is 12.0. The molecule has 3 nitrogen and oxygen atoms in total. The van der Waals surface area contributed by atoms with E-state index in [-0.39, 0.29) is 5.75 Å². The Bertz CT molecular complexity index is 286. The van der Waals surface area contributed by atoms with Crippen LogP contribution in [-0.2, 0) is 9.84 Å². The molecule has 0 aliphatic heterocycles. The summed E-state index contributed by atoms with van der Waals surface area (Å²) in [5.41, 5.74) is 0. The summed E-state index contributed by atoms with van der Waals surface area (Å²) in [5, 5.41) is 0.924. The van der Waals surface area contributed by atoms with Gasteiger partial charge in [-0.3, -0.25) is 4.90 Å². The van der Waals surface area contributed by atoms with Gasteiger partial charge in [-0.05, 0) is 12.8 Å². The van der Waals surface area contributed by atoms with Gasteiger partial charge in [-0.1, -0.05) is 35.2 Å². The highest BCUT2D eigenvalue weighted by atomic mass is 79.9. The molecule has 1 fully saturated rings. The summed E-state index contributed by atoms with van der Waals surface area (Å²) in [6.07, 6.45) is 7.71. The molecule has 0 spiro atoms. The molecule has 0 bridgehead atoms. The highest BCUT2D eigenvalue weighted by Gasteiger charge is 2.21. The average molecular weight is 312 g/mol. The van der Waals surface area contributed by atoms with Gasteiger partial charge in [0.2, 0.25) is 0 Å². The van der Waals surface area contributed by atoms with E-state index in [2.05, 4.69) is 20.8 Å². The second kappa shape index (κ2) is 6.97. The molecular weight excluding hydrogens is 290 g/mol. The lowest BCUT2D eigenvalue weighted by Crippen LogP contribution is -2.40. The van der Waals surface area contributed by atoms with E-state index in [1.807, 2.05) is 0 Å². The lowest BCUT2D eigenvalue weighted by molar-refractivity contribution is 0.174. The number of sulfone groups is 1. The highest BCUT2D eigenvalue weighted by Crippen LogP contribution is 2.22. The molecule has 0 aromatic heterocycles. The fourth-order valence-electron chi connectivity index (χ4n) is 2.31. The molecule has 16 heavy (non-hydrogen) atoms. The van der Waals surface area contributed by atoms with Gasteiger partial charge in [0.15, 0.2) is 0 Å². The number of halogens is 1. The van der Waals surface area contributed by atoms with Gasteiger partial charge in [0.25, 0.3) is 0 Å². The molecule has 0 atom stereocenters. The van der Waals surface area contributed by atoms with Crippen LogP contribution in [-0.4, -0.2) is 49.8 Å². The van der Waals surface area contributed by atoms with Crippen LogP contribution in [0.4, 0.5) is 0 Å². The van der Waals surface area contributed by atoms with E-state index in [4.69, 9.17) is 0 Å². The second-order valence-corrected chi connectivity index (χ2v) is 7.70. The first-order valence-electron chi connectivity index (χ1n) is 6.00. The molecule has 0 N–H and O–H groups in total. The smallest absolute Gasteiger partial charge is 0.148 e. The average Bonchev–Trinajstić information content (AvgIpc) is 2.24. The van der Waals surface area contributed by atoms with Gasteiger partial charge in [-0.25, -0.2) is 8.42 Å². The minimum atomic E-state index is -2.83. The Labute approximate surface area is 108 Å². The Balaban J connectivity index is 2.45. The topological polar surface area (TPSA) is 37.4 Å². The number of rotatable bonds is 6. The van der Waals surface area contributed by atoms with Crippen molar-refractivity contribution in [3.63, 3.8) is 0 Å². The van der Waals surface area contributed by atoms with Crippen molar-refractivity contribution in [1.29, 1.82) is 0 Å².